The molecule has 1 aromatic heterocycles. The molecule has 0 saturated heterocycles. The third kappa shape index (κ3) is 8.39. The Morgan fingerprint density at radius 2 is 1.27 bits per heavy atom. The van der Waals surface area contributed by atoms with Crippen LogP contribution < -0.4 is 21.7 Å². The first-order valence-corrected chi connectivity index (χ1v) is 15.0. The van der Waals surface area contributed by atoms with Crippen LogP contribution >= 0.6 is 11.3 Å². The van der Waals surface area contributed by atoms with E-state index >= 15 is 0 Å². The van der Waals surface area contributed by atoms with Crippen molar-refractivity contribution in [3.8, 4) is 10.4 Å². The second-order valence-corrected chi connectivity index (χ2v) is 11.3. The monoisotopic (exact) mass is 624 g/mol. The van der Waals surface area contributed by atoms with Gasteiger partial charge in [0.2, 0.25) is 11.8 Å². The van der Waals surface area contributed by atoms with Crippen molar-refractivity contribution >= 4 is 40.4 Å². The van der Waals surface area contributed by atoms with E-state index in [4.69, 9.17) is 5.73 Å². The molecule has 0 spiro atoms. The summed E-state index contributed by atoms with van der Waals surface area (Å²) in [6.45, 7) is 0.216. The van der Waals surface area contributed by atoms with Crippen molar-refractivity contribution in [1.82, 2.24) is 10.6 Å². The molecule has 3 amide bonds. The Morgan fingerprint density at radius 1 is 0.711 bits per heavy atom. The zero-order valence-corrected chi connectivity index (χ0v) is 24.9. The van der Waals surface area contributed by atoms with Gasteiger partial charge in [0.1, 0.15) is 17.6 Å². The molecule has 0 atom stereocenters. The molecule has 0 bridgehead atoms. The molecule has 0 unspecified atom stereocenters. The third-order valence-corrected chi connectivity index (χ3v) is 8.08. The van der Waals surface area contributed by atoms with Gasteiger partial charge in [0, 0.05) is 23.5 Å². The molecule has 0 aliphatic rings. The van der Waals surface area contributed by atoms with Gasteiger partial charge in [0.15, 0.2) is 0 Å². The highest BCUT2D eigenvalue weighted by Gasteiger charge is 2.27. The summed E-state index contributed by atoms with van der Waals surface area (Å²) in [4.78, 5) is 40.6. The average molecular weight is 625 g/mol. The van der Waals surface area contributed by atoms with Crippen molar-refractivity contribution < 1.29 is 23.2 Å². The van der Waals surface area contributed by atoms with Gasteiger partial charge in [-0.3, -0.25) is 14.4 Å². The van der Waals surface area contributed by atoms with Crippen LogP contribution in [0.1, 0.15) is 27.0 Å². The average Bonchev–Trinajstić information content (AvgIpc) is 3.59. The highest BCUT2D eigenvalue weighted by Crippen LogP contribution is 2.30. The van der Waals surface area contributed by atoms with Crippen LogP contribution in [-0.2, 0) is 29.1 Å². The number of nitrogen functional groups attached to an aromatic ring is 1. The number of carbonyl (C=O) groups excluding carboxylic acids is 3. The molecule has 1 heterocycles. The van der Waals surface area contributed by atoms with E-state index < -0.39 is 29.4 Å². The minimum absolute atomic E-state index is 0.0577. The lowest BCUT2D eigenvalue weighted by Crippen LogP contribution is -2.42. The van der Waals surface area contributed by atoms with E-state index in [2.05, 4.69) is 16.0 Å². The third-order valence-electron chi connectivity index (χ3n) is 7.16. The molecule has 45 heavy (non-hydrogen) atoms. The van der Waals surface area contributed by atoms with Crippen LogP contribution in [0.2, 0.25) is 0 Å². The van der Waals surface area contributed by atoms with Gasteiger partial charge < -0.3 is 21.7 Å². The Morgan fingerprint density at radius 3 is 1.80 bits per heavy atom. The summed E-state index contributed by atoms with van der Waals surface area (Å²) in [5, 5.41) is 10.3. The molecule has 0 saturated carbocycles. The van der Waals surface area contributed by atoms with Gasteiger partial charge in [-0.15, -0.1) is 11.3 Å². The molecule has 5 N–H and O–H groups in total. The minimum Gasteiger partial charge on any atom is -0.397 e. The number of hydrogen-bond acceptors (Lipinski definition) is 5. The Kier molecular flexibility index (Phi) is 9.96. The van der Waals surface area contributed by atoms with Crippen LogP contribution in [0.5, 0.6) is 0 Å². The first kappa shape index (κ1) is 31.1. The van der Waals surface area contributed by atoms with Crippen LogP contribution in [0.4, 0.5) is 20.2 Å². The molecule has 0 radical (unpaired) electrons. The second kappa shape index (κ2) is 14.4. The van der Waals surface area contributed by atoms with E-state index in [1.54, 1.807) is 65.9 Å². The fraction of sp³-hybridized carbons (Fsp3) is 0.114. The molecule has 0 aliphatic heterocycles. The molecule has 7 nitrogen and oxygen atoms in total. The van der Waals surface area contributed by atoms with Gasteiger partial charge in [-0.2, -0.15) is 0 Å². The lowest BCUT2D eigenvalue weighted by atomic mass is 9.96. The number of nitrogens with one attached hydrogen (secondary N) is 3. The second-order valence-electron chi connectivity index (χ2n) is 10.4. The predicted octanol–water partition coefficient (Wildman–Crippen LogP) is 6.32. The maximum Gasteiger partial charge on any atom is 0.255 e. The number of amides is 3. The SMILES string of the molecule is Nc1ccc(-c2cccs2)cc1NC(=O)c1ccc(CC(C(=O)NCc2ccc(F)cc2)C(=O)NCc2ccc(F)cc2)cc1. The Hall–Kier alpha value is -5.35. The maximum absolute atomic E-state index is 13.3. The lowest BCUT2D eigenvalue weighted by Gasteiger charge is -2.17. The van der Waals surface area contributed by atoms with Crippen LogP contribution in [0, 0.1) is 17.6 Å². The molecule has 0 aliphatic carbocycles. The van der Waals surface area contributed by atoms with Crippen molar-refractivity contribution in [1.29, 1.82) is 0 Å². The fourth-order valence-corrected chi connectivity index (χ4v) is 5.34. The van der Waals surface area contributed by atoms with Gasteiger partial charge in [-0.1, -0.05) is 48.5 Å². The number of halogens is 2. The molecule has 4 aromatic carbocycles. The smallest absolute Gasteiger partial charge is 0.255 e. The van der Waals surface area contributed by atoms with E-state index in [1.165, 1.54) is 24.3 Å². The van der Waals surface area contributed by atoms with Crippen molar-refractivity contribution in [2.75, 3.05) is 11.1 Å². The summed E-state index contributed by atoms with van der Waals surface area (Å²) in [7, 11) is 0. The summed E-state index contributed by atoms with van der Waals surface area (Å²) < 4.78 is 26.6. The first-order chi connectivity index (χ1) is 21.7. The molecule has 5 rings (SSSR count). The molecule has 0 fully saturated rings. The van der Waals surface area contributed by atoms with Crippen LogP contribution in [-0.4, -0.2) is 17.7 Å². The number of rotatable bonds is 11. The van der Waals surface area contributed by atoms with Gasteiger partial charge >= 0.3 is 0 Å². The predicted molar refractivity (Wildman–Crippen MR) is 172 cm³/mol. The number of nitrogens with two attached hydrogens (primary N) is 1. The zero-order valence-electron chi connectivity index (χ0n) is 24.1. The molecule has 228 valence electrons. The van der Waals surface area contributed by atoms with Gasteiger partial charge in [0.25, 0.3) is 5.91 Å². The normalized spacial score (nSPS) is 10.8. The molecule has 5 aromatic rings. The highest BCUT2D eigenvalue weighted by molar-refractivity contribution is 7.13. The molecular weight excluding hydrogens is 594 g/mol. The molecule has 10 heteroatoms. The van der Waals surface area contributed by atoms with Crippen LogP contribution in [0.3, 0.4) is 0 Å². The quantitative estimate of drug-likeness (QED) is 0.102. The number of benzene rings is 4. The summed E-state index contributed by atoms with van der Waals surface area (Å²) in [5.41, 5.74) is 10.4. The number of anilines is 2. The van der Waals surface area contributed by atoms with Crippen molar-refractivity contribution in [2.24, 2.45) is 5.92 Å². The van der Waals surface area contributed by atoms with Gasteiger partial charge in [-0.25, -0.2) is 8.78 Å². The fourth-order valence-electron chi connectivity index (χ4n) is 4.62. The van der Waals surface area contributed by atoms with Gasteiger partial charge in [-0.05, 0) is 88.7 Å². The van der Waals surface area contributed by atoms with Crippen molar-refractivity contribution in [3.05, 3.63) is 142 Å². The van der Waals surface area contributed by atoms with Gasteiger partial charge in [0.05, 0.1) is 11.4 Å². The summed E-state index contributed by atoms with van der Waals surface area (Å²) in [6, 6.07) is 27.4. The number of hydrogen-bond donors (Lipinski definition) is 4. The first-order valence-electron chi connectivity index (χ1n) is 14.1. The maximum atomic E-state index is 13.3. The minimum atomic E-state index is -1.11. The van der Waals surface area contributed by atoms with Crippen molar-refractivity contribution in [3.63, 3.8) is 0 Å². The Bertz CT molecular complexity index is 1710. The van der Waals surface area contributed by atoms with E-state index in [1.807, 2.05) is 29.6 Å². The standard InChI is InChI=1S/C35H30F2N4O3S/c36-27-12-5-23(6-13-27)20-39-34(43)29(35(44)40-21-24-7-14-28(37)15-8-24)18-22-3-9-25(10-4-22)33(42)41-31-19-26(11-16-30(31)38)32-2-1-17-45-32/h1-17,19,29H,18,20-21,38H2,(H,39,43)(H,40,44)(H,41,42). The van der Waals surface area contributed by atoms with E-state index in [0.29, 0.717) is 33.6 Å². The Labute approximate surface area is 263 Å². The van der Waals surface area contributed by atoms with E-state index in [0.717, 1.165) is 10.4 Å². The number of thiophene rings is 1. The zero-order chi connectivity index (χ0) is 31.8. The van der Waals surface area contributed by atoms with Crippen LogP contribution in [0.25, 0.3) is 10.4 Å². The van der Waals surface area contributed by atoms with E-state index in [-0.39, 0.29) is 25.4 Å². The Balaban J connectivity index is 1.27. The summed E-state index contributed by atoms with van der Waals surface area (Å²) in [5.74, 6) is -3.28. The highest BCUT2D eigenvalue weighted by atomic mass is 32.1. The van der Waals surface area contributed by atoms with Crippen LogP contribution in [0.15, 0.2) is 109 Å². The number of carbonyl (C=O) groups is 3. The summed E-state index contributed by atoms with van der Waals surface area (Å²) in [6.07, 6.45) is 0.0577. The lowest BCUT2D eigenvalue weighted by molar-refractivity contribution is -0.135. The summed E-state index contributed by atoms with van der Waals surface area (Å²) >= 11 is 1.58. The topological polar surface area (TPSA) is 113 Å². The largest absolute Gasteiger partial charge is 0.397 e. The van der Waals surface area contributed by atoms with Crippen molar-refractivity contribution in [2.45, 2.75) is 19.5 Å². The molecular formula is C35H30F2N4O3S. The van der Waals surface area contributed by atoms with E-state index in [9.17, 15) is 23.2 Å².